The van der Waals surface area contributed by atoms with Crippen LogP contribution in [0.25, 0.3) is 0 Å². The van der Waals surface area contributed by atoms with E-state index in [2.05, 4.69) is 5.32 Å². The van der Waals surface area contributed by atoms with E-state index in [1.807, 2.05) is 26.0 Å². The van der Waals surface area contributed by atoms with Crippen LogP contribution < -0.4 is 9.62 Å². The van der Waals surface area contributed by atoms with E-state index in [1.165, 1.54) is 10.6 Å². The zero-order chi connectivity index (χ0) is 23.3. The molecular weight excluding hydrogens is 426 g/mol. The van der Waals surface area contributed by atoms with Crippen LogP contribution in [-0.4, -0.2) is 51.0 Å². The number of carbonyl (C=O) groups excluding carboxylic acids is 2. The average molecular weight is 458 g/mol. The molecule has 2 aromatic carbocycles. The molecule has 1 heterocycles. The molecule has 1 N–H and O–H groups in total. The summed E-state index contributed by atoms with van der Waals surface area (Å²) < 4.78 is 26.0. The lowest BCUT2D eigenvalue weighted by Gasteiger charge is -2.23. The summed E-state index contributed by atoms with van der Waals surface area (Å²) in [7, 11) is -3.48. The molecule has 0 unspecified atom stereocenters. The van der Waals surface area contributed by atoms with Gasteiger partial charge in [0.05, 0.1) is 23.2 Å². The van der Waals surface area contributed by atoms with E-state index in [1.54, 1.807) is 35.2 Å². The Balaban J connectivity index is 1.63. The highest BCUT2D eigenvalue weighted by Crippen LogP contribution is 2.23. The molecule has 2 aromatic rings. The molecule has 2 amide bonds. The van der Waals surface area contributed by atoms with Gasteiger partial charge in [0.25, 0.3) is 5.91 Å². The number of likely N-dealkylation sites (tertiary alicyclic amines) is 1. The Morgan fingerprint density at radius 1 is 1.03 bits per heavy atom. The number of benzene rings is 2. The molecule has 0 bridgehead atoms. The Hall–Kier alpha value is -2.87. The maximum atomic E-state index is 12.8. The van der Waals surface area contributed by atoms with Crippen LogP contribution in [-0.2, 0) is 14.8 Å². The maximum Gasteiger partial charge on any atom is 0.255 e. The normalized spacial score (nSPS) is 13.8. The Kier molecular flexibility index (Phi) is 7.56. The number of rotatable bonds is 8. The van der Waals surface area contributed by atoms with Gasteiger partial charge in [-0.1, -0.05) is 18.2 Å². The van der Waals surface area contributed by atoms with Gasteiger partial charge in [-0.05, 0) is 68.5 Å². The maximum absolute atomic E-state index is 12.8. The Morgan fingerprint density at radius 2 is 1.72 bits per heavy atom. The number of aryl methyl sites for hydroxylation is 2. The van der Waals surface area contributed by atoms with Crippen LogP contribution in [0.5, 0.6) is 0 Å². The molecule has 3 rings (SSSR count). The van der Waals surface area contributed by atoms with Crippen LogP contribution >= 0.6 is 0 Å². The fourth-order valence-electron chi connectivity index (χ4n) is 3.83. The molecule has 0 aliphatic carbocycles. The third kappa shape index (κ3) is 5.88. The van der Waals surface area contributed by atoms with E-state index in [0.29, 0.717) is 23.4 Å². The van der Waals surface area contributed by atoms with Gasteiger partial charge in [-0.3, -0.25) is 13.9 Å². The highest BCUT2D eigenvalue weighted by Gasteiger charge is 2.22. The summed E-state index contributed by atoms with van der Waals surface area (Å²) in [5.41, 5.74) is 3.66. The Bertz CT molecular complexity index is 1090. The second kappa shape index (κ2) is 10.2. The molecule has 0 saturated carbocycles. The van der Waals surface area contributed by atoms with Gasteiger partial charge in [-0.25, -0.2) is 8.42 Å². The van der Waals surface area contributed by atoms with Crippen molar-refractivity contribution in [2.45, 2.75) is 39.5 Å². The molecule has 0 radical (unpaired) electrons. The monoisotopic (exact) mass is 457 g/mol. The van der Waals surface area contributed by atoms with Crippen molar-refractivity contribution in [1.82, 2.24) is 4.90 Å². The number of sulfonamides is 1. The number of nitrogens with zero attached hydrogens (tertiary/aromatic N) is 2. The van der Waals surface area contributed by atoms with Crippen molar-refractivity contribution in [2.24, 2.45) is 0 Å². The number of hydrogen-bond acceptors (Lipinski definition) is 4. The number of amides is 2. The number of anilines is 2. The van der Waals surface area contributed by atoms with E-state index in [4.69, 9.17) is 0 Å². The molecule has 7 nitrogen and oxygen atoms in total. The first-order chi connectivity index (χ1) is 15.2. The van der Waals surface area contributed by atoms with Gasteiger partial charge in [0, 0.05) is 26.1 Å². The fraction of sp³-hybridized carbons (Fsp3) is 0.417. The molecule has 172 valence electrons. The topological polar surface area (TPSA) is 86.8 Å². The second-order valence-electron chi connectivity index (χ2n) is 8.30. The molecule has 32 heavy (non-hydrogen) atoms. The third-order valence-electron chi connectivity index (χ3n) is 5.77. The summed E-state index contributed by atoms with van der Waals surface area (Å²) >= 11 is 0. The van der Waals surface area contributed by atoms with Gasteiger partial charge in [0.15, 0.2) is 0 Å². The van der Waals surface area contributed by atoms with Gasteiger partial charge in [-0.2, -0.15) is 0 Å². The first-order valence-electron chi connectivity index (χ1n) is 10.9. The minimum absolute atomic E-state index is 0.0728. The van der Waals surface area contributed by atoms with Crippen LogP contribution in [0.1, 0.15) is 47.2 Å². The van der Waals surface area contributed by atoms with E-state index in [0.717, 1.165) is 37.1 Å². The summed E-state index contributed by atoms with van der Waals surface area (Å²) in [4.78, 5) is 27.1. The van der Waals surface area contributed by atoms with Crippen molar-refractivity contribution in [3.05, 3.63) is 59.2 Å². The summed E-state index contributed by atoms with van der Waals surface area (Å²) in [5.74, 6) is -0.323. The lowest BCUT2D eigenvalue weighted by Crippen LogP contribution is -2.31. The van der Waals surface area contributed by atoms with E-state index < -0.39 is 10.0 Å². The molecule has 0 atom stereocenters. The summed E-state index contributed by atoms with van der Waals surface area (Å²) in [6.45, 7) is 5.58. The largest absolute Gasteiger partial charge is 0.339 e. The molecule has 1 fully saturated rings. The number of para-hydroxylation sites is 1. The van der Waals surface area contributed by atoms with Gasteiger partial charge in [0.2, 0.25) is 15.9 Å². The van der Waals surface area contributed by atoms with Gasteiger partial charge in [-0.15, -0.1) is 0 Å². The van der Waals surface area contributed by atoms with Crippen LogP contribution in [0.2, 0.25) is 0 Å². The average Bonchev–Trinajstić information content (AvgIpc) is 3.27. The molecular formula is C24H31N3O4S. The summed E-state index contributed by atoms with van der Waals surface area (Å²) in [6, 6.07) is 12.5. The standard InChI is InChI=1S/C24H31N3O4S/c1-18-12-13-20(17-19(18)2)27(32(3,30)31)16-8-11-23(28)25-22-10-5-4-9-21(22)24(29)26-14-6-7-15-26/h4-5,9-10,12-13,17H,6-8,11,14-16H2,1-3H3,(H,25,28). The van der Waals surface area contributed by atoms with E-state index in [-0.39, 0.29) is 24.8 Å². The minimum atomic E-state index is -3.48. The molecule has 1 aliphatic rings. The first-order valence-corrected chi connectivity index (χ1v) is 12.7. The predicted molar refractivity (Wildman–Crippen MR) is 128 cm³/mol. The number of nitrogens with one attached hydrogen (secondary N) is 1. The molecule has 0 spiro atoms. The third-order valence-corrected chi connectivity index (χ3v) is 6.96. The molecule has 8 heteroatoms. The van der Waals surface area contributed by atoms with Gasteiger partial charge in [0.1, 0.15) is 0 Å². The van der Waals surface area contributed by atoms with E-state index >= 15 is 0 Å². The van der Waals surface area contributed by atoms with Crippen LogP contribution in [0.3, 0.4) is 0 Å². The zero-order valence-corrected chi connectivity index (χ0v) is 19.7. The van der Waals surface area contributed by atoms with Crippen LogP contribution in [0.15, 0.2) is 42.5 Å². The number of carbonyl (C=O) groups is 2. The van der Waals surface area contributed by atoms with E-state index in [9.17, 15) is 18.0 Å². The molecule has 1 saturated heterocycles. The molecule has 0 aromatic heterocycles. The van der Waals surface area contributed by atoms with Crippen molar-refractivity contribution in [3.63, 3.8) is 0 Å². The summed E-state index contributed by atoms with van der Waals surface area (Å²) in [6.07, 6.45) is 3.66. The van der Waals surface area contributed by atoms with Gasteiger partial charge >= 0.3 is 0 Å². The molecule has 1 aliphatic heterocycles. The van der Waals surface area contributed by atoms with Crippen LogP contribution in [0, 0.1) is 13.8 Å². The highest BCUT2D eigenvalue weighted by molar-refractivity contribution is 7.92. The van der Waals surface area contributed by atoms with Crippen molar-refractivity contribution < 1.29 is 18.0 Å². The second-order valence-corrected chi connectivity index (χ2v) is 10.2. The fourth-order valence-corrected chi connectivity index (χ4v) is 4.79. The number of hydrogen-bond donors (Lipinski definition) is 1. The van der Waals surface area contributed by atoms with Crippen molar-refractivity contribution in [3.8, 4) is 0 Å². The Labute approximate surface area is 190 Å². The smallest absolute Gasteiger partial charge is 0.255 e. The van der Waals surface area contributed by atoms with Gasteiger partial charge < -0.3 is 10.2 Å². The zero-order valence-electron chi connectivity index (χ0n) is 18.9. The lowest BCUT2D eigenvalue weighted by atomic mass is 10.1. The predicted octanol–water partition coefficient (Wildman–Crippen LogP) is 3.72. The Morgan fingerprint density at radius 3 is 2.38 bits per heavy atom. The SMILES string of the molecule is Cc1ccc(N(CCCC(=O)Nc2ccccc2C(=O)N2CCCC2)S(C)(=O)=O)cc1C. The van der Waals surface area contributed by atoms with Crippen molar-refractivity contribution in [2.75, 3.05) is 35.5 Å². The quantitative estimate of drug-likeness (QED) is 0.654. The van der Waals surface area contributed by atoms with Crippen molar-refractivity contribution in [1.29, 1.82) is 0 Å². The minimum Gasteiger partial charge on any atom is -0.339 e. The van der Waals surface area contributed by atoms with Crippen LogP contribution in [0.4, 0.5) is 11.4 Å². The summed E-state index contributed by atoms with van der Waals surface area (Å²) in [5, 5.41) is 2.83. The lowest BCUT2D eigenvalue weighted by molar-refractivity contribution is -0.116. The van der Waals surface area contributed by atoms with Crippen molar-refractivity contribution >= 4 is 33.2 Å². The highest BCUT2D eigenvalue weighted by atomic mass is 32.2. The first kappa shape index (κ1) is 23.8.